The summed E-state index contributed by atoms with van der Waals surface area (Å²) in [5.74, 6) is 0.875. The first kappa shape index (κ1) is 15.6. The van der Waals surface area contributed by atoms with Gasteiger partial charge in [0.15, 0.2) is 0 Å². The number of unbranched alkanes of at least 4 members (excludes halogenated alkanes) is 1. The van der Waals surface area contributed by atoms with Gasteiger partial charge in [-0.3, -0.25) is 4.98 Å². The predicted molar refractivity (Wildman–Crippen MR) is 94.8 cm³/mol. The molecule has 0 aliphatic rings. The molecule has 0 amide bonds. The number of methoxy groups -OCH3 is 1. The lowest BCUT2D eigenvalue weighted by Crippen LogP contribution is -1.99. The van der Waals surface area contributed by atoms with Crippen LogP contribution in [0.5, 0.6) is 5.75 Å². The number of aromatic nitrogens is 2. The van der Waals surface area contributed by atoms with Crippen molar-refractivity contribution >= 4 is 10.9 Å². The lowest BCUT2D eigenvalue weighted by atomic mass is 10.0. The summed E-state index contributed by atoms with van der Waals surface area (Å²) in [6.45, 7) is 2.78. The van der Waals surface area contributed by atoms with Crippen molar-refractivity contribution in [3.8, 4) is 17.1 Å². The molecule has 2 aromatic heterocycles. The normalized spacial score (nSPS) is 11.1. The Morgan fingerprint density at radius 2 is 2.04 bits per heavy atom. The Morgan fingerprint density at radius 3 is 2.74 bits per heavy atom. The van der Waals surface area contributed by atoms with Gasteiger partial charge in [0.25, 0.3) is 0 Å². The number of hydrogen-bond donors (Lipinski definition) is 2. The predicted octanol–water partition coefficient (Wildman–Crippen LogP) is 3.83. The van der Waals surface area contributed by atoms with Crippen molar-refractivity contribution < 1.29 is 4.74 Å². The Morgan fingerprint density at radius 1 is 1.17 bits per heavy atom. The number of hydrogen-bond acceptors (Lipinski definition) is 3. The molecule has 0 unspecified atom stereocenters. The molecule has 0 bridgehead atoms. The van der Waals surface area contributed by atoms with Gasteiger partial charge < -0.3 is 15.5 Å². The van der Waals surface area contributed by atoms with Crippen molar-refractivity contribution in [1.29, 1.82) is 0 Å². The van der Waals surface area contributed by atoms with E-state index in [-0.39, 0.29) is 0 Å². The number of aryl methyl sites for hydroxylation is 2. The Hall–Kier alpha value is -2.33. The third kappa shape index (κ3) is 3.22. The van der Waals surface area contributed by atoms with Crippen molar-refractivity contribution in [3.63, 3.8) is 0 Å². The van der Waals surface area contributed by atoms with E-state index >= 15 is 0 Å². The average Bonchev–Trinajstić information content (AvgIpc) is 2.93. The van der Waals surface area contributed by atoms with E-state index in [0.717, 1.165) is 54.0 Å². The van der Waals surface area contributed by atoms with E-state index in [0.29, 0.717) is 0 Å². The monoisotopic (exact) mass is 309 g/mol. The van der Waals surface area contributed by atoms with Gasteiger partial charge in [-0.05, 0) is 68.1 Å². The number of H-pyrrole nitrogens is 1. The Labute approximate surface area is 136 Å². The number of aromatic amines is 1. The van der Waals surface area contributed by atoms with Gasteiger partial charge in [-0.2, -0.15) is 0 Å². The molecule has 0 saturated carbocycles. The minimum absolute atomic E-state index is 0.726. The quantitative estimate of drug-likeness (QED) is 0.680. The minimum atomic E-state index is 0.726. The molecular formula is C19H23N3O. The first-order valence-electron chi connectivity index (χ1n) is 8.04. The van der Waals surface area contributed by atoms with Gasteiger partial charge in [0.2, 0.25) is 0 Å². The van der Waals surface area contributed by atoms with Crippen LogP contribution < -0.4 is 10.5 Å². The first-order chi connectivity index (χ1) is 11.2. The highest BCUT2D eigenvalue weighted by Crippen LogP contribution is 2.32. The van der Waals surface area contributed by atoms with E-state index in [4.69, 9.17) is 10.5 Å². The summed E-state index contributed by atoms with van der Waals surface area (Å²) < 4.78 is 5.38. The second-order valence-electron chi connectivity index (χ2n) is 5.86. The molecule has 4 nitrogen and oxygen atoms in total. The fraction of sp³-hybridized carbons (Fsp3) is 0.316. The summed E-state index contributed by atoms with van der Waals surface area (Å²) in [7, 11) is 1.70. The molecule has 0 radical (unpaired) electrons. The maximum absolute atomic E-state index is 5.65. The van der Waals surface area contributed by atoms with Crippen LogP contribution in [0.25, 0.3) is 22.3 Å². The molecule has 3 aromatic rings. The van der Waals surface area contributed by atoms with Crippen molar-refractivity contribution in [2.24, 2.45) is 5.73 Å². The summed E-state index contributed by atoms with van der Waals surface area (Å²) in [6.07, 6.45) is 4.98. The van der Waals surface area contributed by atoms with E-state index in [1.807, 2.05) is 12.3 Å². The van der Waals surface area contributed by atoms with Gasteiger partial charge in [-0.15, -0.1) is 0 Å². The van der Waals surface area contributed by atoms with Crippen LogP contribution >= 0.6 is 0 Å². The number of ether oxygens (including phenoxy) is 1. The summed E-state index contributed by atoms with van der Waals surface area (Å²) in [5.41, 5.74) is 11.3. The summed E-state index contributed by atoms with van der Waals surface area (Å²) >= 11 is 0. The van der Waals surface area contributed by atoms with Gasteiger partial charge >= 0.3 is 0 Å². The average molecular weight is 309 g/mol. The fourth-order valence-electron chi connectivity index (χ4n) is 2.89. The lowest BCUT2D eigenvalue weighted by molar-refractivity contribution is 0.415. The number of benzene rings is 1. The number of pyridine rings is 1. The summed E-state index contributed by atoms with van der Waals surface area (Å²) in [6, 6.07) is 10.3. The first-order valence-corrected chi connectivity index (χ1v) is 8.04. The van der Waals surface area contributed by atoms with Crippen LogP contribution in [0, 0.1) is 6.92 Å². The summed E-state index contributed by atoms with van der Waals surface area (Å²) in [5, 5.41) is 1.21. The van der Waals surface area contributed by atoms with Crippen LogP contribution in [0.4, 0.5) is 0 Å². The molecule has 23 heavy (non-hydrogen) atoms. The number of rotatable bonds is 6. The van der Waals surface area contributed by atoms with E-state index < -0.39 is 0 Å². The number of nitrogens with two attached hydrogens (primary N) is 1. The van der Waals surface area contributed by atoms with E-state index in [1.165, 1.54) is 10.9 Å². The molecule has 4 heteroatoms. The molecular weight excluding hydrogens is 286 g/mol. The Bertz CT molecular complexity index is 790. The fourth-order valence-corrected chi connectivity index (χ4v) is 2.89. The van der Waals surface area contributed by atoms with Crippen LogP contribution in [0.1, 0.15) is 24.0 Å². The SMILES string of the molecule is COc1ccc2[nH]c(-c3ccc(C)cn3)c(CCCCN)c2c1. The van der Waals surface area contributed by atoms with Crippen LogP contribution in [0.15, 0.2) is 36.5 Å². The minimum Gasteiger partial charge on any atom is -0.497 e. The second kappa shape index (κ2) is 6.84. The molecule has 0 fully saturated rings. The molecule has 0 saturated heterocycles. The maximum Gasteiger partial charge on any atom is 0.119 e. The van der Waals surface area contributed by atoms with Gasteiger partial charge in [0.1, 0.15) is 5.75 Å². The standard InChI is InChI=1S/C19H23N3O/c1-13-6-8-18(21-12-13)19-15(5-3-4-10-20)16-11-14(23-2)7-9-17(16)22-19/h6-9,11-12,22H,3-5,10,20H2,1-2H3. The third-order valence-electron chi connectivity index (χ3n) is 4.16. The molecule has 3 N–H and O–H groups in total. The zero-order valence-electron chi connectivity index (χ0n) is 13.7. The van der Waals surface area contributed by atoms with Gasteiger partial charge in [0.05, 0.1) is 18.5 Å². The molecule has 0 aliphatic carbocycles. The topological polar surface area (TPSA) is 63.9 Å². The van der Waals surface area contributed by atoms with Crippen LogP contribution in [0.3, 0.4) is 0 Å². The zero-order valence-corrected chi connectivity index (χ0v) is 13.7. The lowest BCUT2D eigenvalue weighted by Gasteiger charge is -2.05. The third-order valence-corrected chi connectivity index (χ3v) is 4.16. The zero-order chi connectivity index (χ0) is 16.2. The van der Waals surface area contributed by atoms with Crippen molar-refractivity contribution in [3.05, 3.63) is 47.7 Å². The molecule has 0 aliphatic heterocycles. The van der Waals surface area contributed by atoms with Gasteiger partial charge in [-0.1, -0.05) is 6.07 Å². The molecule has 3 rings (SSSR count). The van der Waals surface area contributed by atoms with Crippen LogP contribution in [0.2, 0.25) is 0 Å². The van der Waals surface area contributed by atoms with E-state index in [9.17, 15) is 0 Å². The molecule has 2 heterocycles. The molecule has 1 aromatic carbocycles. The largest absolute Gasteiger partial charge is 0.497 e. The number of nitrogens with zero attached hydrogens (tertiary/aromatic N) is 1. The highest BCUT2D eigenvalue weighted by molar-refractivity contribution is 5.91. The maximum atomic E-state index is 5.65. The highest BCUT2D eigenvalue weighted by Gasteiger charge is 2.14. The number of fused-ring (bicyclic) bond motifs is 1. The van der Waals surface area contributed by atoms with E-state index in [1.54, 1.807) is 7.11 Å². The Kier molecular flexibility index (Phi) is 4.63. The highest BCUT2D eigenvalue weighted by atomic mass is 16.5. The van der Waals surface area contributed by atoms with Crippen molar-refractivity contribution in [2.45, 2.75) is 26.2 Å². The van der Waals surface area contributed by atoms with E-state index in [2.05, 4.69) is 41.2 Å². The number of nitrogens with one attached hydrogen (secondary N) is 1. The smallest absolute Gasteiger partial charge is 0.119 e. The van der Waals surface area contributed by atoms with Gasteiger partial charge in [-0.25, -0.2) is 0 Å². The van der Waals surface area contributed by atoms with Crippen molar-refractivity contribution in [2.75, 3.05) is 13.7 Å². The molecule has 0 spiro atoms. The van der Waals surface area contributed by atoms with Crippen LogP contribution in [-0.4, -0.2) is 23.6 Å². The van der Waals surface area contributed by atoms with Crippen LogP contribution in [-0.2, 0) is 6.42 Å². The van der Waals surface area contributed by atoms with Gasteiger partial charge in [0, 0.05) is 17.1 Å². The Balaban J connectivity index is 2.10. The molecule has 0 atom stereocenters. The summed E-state index contributed by atoms with van der Waals surface area (Å²) in [4.78, 5) is 8.12. The molecule has 120 valence electrons. The second-order valence-corrected chi connectivity index (χ2v) is 5.86. The van der Waals surface area contributed by atoms with Crippen molar-refractivity contribution in [1.82, 2.24) is 9.97 Å².